The molecular weight excluding hydrogens is 304 g/mol. The van der Waals surface area contributed by atoms with Crippen LogP contribution in [-0.2, 0) is 11.2 Å². The summed E-state index contributed by atoms with van der Waals surface area (Å²) in [7, 11) is 0. The third-order valence-corrected chi connectivity index (χ3v) is 3.84. The van der Waals surface area contributed by atoms with Crippen molar-refractivity contribution in [1.82, 2.24) is 9.97 Å². The van der Waals surface area contributed by atoms with Gasteiger partial charge in [-0.05, 0) is 48.7 Å². The Bertz CT molecular complexity index is 941. The van der Waals surface area contributed by atoms with Gasteiger partial charge in [0.1, 0.15) is 11.4 Å². The van der Waals surface area contributed by atoms with Crippen molar-refractivity contribution in [2.24, 2.45) is 0 Å². The number of nitrogens with zero attached hydrogens (tertiary/aromatic N) is 1. The standard InChI is InChI=1S/C19H18N2O3/c1-4-13-5-6-15-14(10-13)19(24-12(3)22)17(21-15)18(23)16-9-11(2)7-8-20-16/h5-10,21H,4H2,1-3H3. The van der Waals surface area contributed by atoms with Crippen LogP contribution in [0.1, 0.15) is 41.2 Å². The number of rotatable bonds is 4. The van der Waals surface area contributed by atoms with Crippen molar-refractivity contribution in [3.63, 3.8) is 0 Å². The summed E-state index contributed by atoms with van der Waals surface area (Å²) >= 11 is 0. The normalized spacial score (nSPS) is 10.8. The second-order valence-electron chi connectivity index (χ2n) is 5.70. The molecule has 5 nitrogen and oxygen atoms in total. The number of H-pyrrole nitrogens is 1. The number of ether oxygens (including phenoxy) is 1. The minimum absolute atomic E-state index is 0.242. The number of fused-ring (bicyclic) bond motifs is 1. The molecule has 24 heavy (non-hydrogen) atoms. The number of benzene rings is 1. The molecule has 0 unspecified atom stereocenters. The van der Waals surface area contributed by atoms with Crippen molar-refractivity contribution >= 4 is 22.7 Å². The Labute approximate surface area is 139 Å². The Hall–Kier alpha value is -2.95. The molecule has 0 aliphatic rings. The number of nitrogens with one attached hydrogen (secondary N) is 1. The van der Waals surface area contributed by atoms with E-state index in [1.807, 2.05) is 38.1 Å². The molecule has 0 aliphatic heterocycles. The number of carbonyl (C=O) groups is 2. The molecular formula is C19H18N2O3. The summed E-state index contributed by atoms with van der Waals surface area (Å²) in [6.45, 7) is 5.26. The van der Waals surface area contributed by atoms with Crippen LogP contribution in [0, 0.1) is 6.92 Å². The lowest BCUT2D eigenvalue weighted by Gasteiger charge is -2.04. The van der Waals surface area contributed by atoms with Crippen LogP contribution in [0.4, 0.5) is 0 Å². The van der Waals surface area contributed by atoms with Crippen LogP contribution in [0.3, 0.4) is 0 Å². The lowest BCUT2D eigenvalue weighted by molar-refractivity contribution is -0.131. The van der Waals surface area contributed by atoms with Gasteiger partial charge in [0.2, 0.25) is 5.78 Å². The van der Waals surface area contributed by atoms with E-state index >= 15 is 0 Å². The van der Waals surface area contributed by atoms with Gasteiger partial charge in [0, 0.05) is 24.0 Å². The van der Waals surface area contributed by atoms with Gasteiger partial charge in [-0.15, -0.1) is 0 Å². The van der Waals surface area contributed by atoms with Gasteiger partial charge in [-0.25, -0.2) is 0 Å². The average Bonchev–Trinajstić information content (AvgIpc) is 2.91. The minimum atomic E-state index is -0.468. The third kappa shape index (κ3) is 2.93. The molecule has 3 aromatic rings. The molecule has 0 fully saturated rings. The molecule has 0 radical (unpaired) electrons. The number of aryl methyl sites for hydroxylation is 2. The smallest absolute Gasteiger partial charge is 0.308 e. The van der Waals surface area contributed by atoms with E-state index in [9.17, 15) is 9.59 Å². The van der Waals surface area contributed by atoms with Gasteiger partial charge in [-0.2, -0.15) is 0 Å². The van der Waals surface area contributed by atoms with Crippen molar-refractivity contribution in [2.45, 2.75) is 27.2 Å². The first-order chi connectivity index (χ1) is 11.5. The number of aromatic nitrogens is 2. The van der Waals surface area contributed by atoms with Crippen LogP contribution >= 0.6 is 0 Å². The quantitative estimate of drug-likeness (QED) is 0.588. The first kappa shape index (κ1) is 15.9. The van der Waals surface area contributed by atoms with Gasteiger partial charge in [0.25, 0.3) is 0 Å². The summed E-state index contributed by atoms with van der Waals surface area (Å²) < 4.78 is 5.35. The zero-order valence-corrected chi connectivity index (χ0v) is 13.8. The fourth-order valence-electron chi connectivity index (χ4n) is 2.63. The van der Waals surface area contributed by atoms with E-state index in [0.717, 1.165) is 28.5 Å². The number of pyridine rings is 1. The number of hydrogen-bond donors (Lipinski definition) is 1. The third-order valence-electron chi connectivity index (χ3n) is 3.84. The lowest BCUT2D eigenvalue weighted by atomic mass is 10.1. The molecule has 0 amide bonds. The molecule has 0 aliphatic carbocycles. The highest BCUT2D eigenvalue weighted by atomic mass is 16.5. The van der Waals surface area contributed by atoms with E-state index in [1.54, 1.807) is 12.3 Å². The van der Waals surface area contributed by atoms with E-state index in [-0.39, 0.29) is 17.2 Å². The monoisotopic (exact) mass is 322 g/mol. The average molecular weight is 322 g/mol. The zero-order valence-electron chi connectivity index (χ0n) is 13.8. The predicted octanol–water partition coefficient (Wildman–Crippen LogP) is 3.59. The second-order valence-corrected chi connectivity index (χ2v) is 5.70. The van der Waals surface area contributed by atoms with Gasteiger partial charge >= 0.3 is 5.97 Å². The van der Waals surface area contributed by atoms with Crippen molar-refractivity contribution in [3.8, 4) is 5.75 Å². The second kappa shape index (κ2) is 6.28. The maximum atomic E-state index is 12.8. The highest BCUT2D eigenvalue weighted by Crippen LogP contribution is 2.32. The van der Waals surface area contributed by atoms with Crippen LogP contribution in [0.2, 0.25) is 0 Å². The van der Waals surface area contributed by atoms with Crippen molar-refractivity contribution in [1.29, 1.82) is 0 Å². The van der Waals surface area contributed by atoms with E-state index in [1.165, 1.54) is 6.92 Å². The van der Waals surface area contributed by atoms with Crippen molar-refractivity contribution < 1.29 is 14.3 Å². The first-order valence-corrected chi connectivity index (χ1v) is 7.80. The number of hydrogen-bond acceptors (Lipinski definition) is 4. The molecule has 0 atom stereocenters. The summed E-state index contributed by atoms with van der Waals surface area (Å²) in [6, 6.07) is 9.34. The largest absolute Gasteiger partial charge is 0.424 e. The van der Waals surface area contributed by atoms with Crippen molar-refractivity contribution in [2.75, 3.05) is 0 Å². The van der Waals surface area contributed by atoms with Crippen LogP contribution < -0.4 is 4.74 Å². The topological polar surface area (TPSA) is 72.1 Å². The summed E-state index contributed by atoms with van der Waals surface area (Å²) in [5.41, 5.74) is 3.34. The fourth-order valence-corrected chi connectivity index (χ4v) is 2.63. The molecule has 0 bridgehead atoms. The SMILES string of the molecule is CCc1ccc2[nH]c(C(=O)c3cc(C)ccn3)c(OC(C)=O)c2c1. The zero-order chi connectivity index (χ0) is 17.3. The molecule has 1 N–H and O–H groups in total. The van der Waals surface area contributed by atoms with E-state index in [4.69, 9.17) is 4.74 Å². The number of carbonyl (C=O) groups excluding carboxylic acids is 2. The predicted molar refractivity (Wildman–Crippen MR) is 91.4 cm³/mol. The van der Waals surface area contributed by atoms with E-state index in [2.05, 4.69) is 9.97 Å². The van der Waals surface area contributed by atoms with Crippen molar-refractivity contribution in [3.05, 3.63) is 59.0 Å². The number of ketones is 1. The number of esters is 1. The molecule has 3 rings (SSSR count). The Morgan fingerprint density at radius 1 is 1.21 bits per heavy atom. The summed E-state index contributed by atoms with van der Waals surface area (Å²) in [5.74, 6) is -0.505. The minimum Gasteiger partial charge on any atom is -0.424 e. The molecule has 0 spiro atoms. The van der Waals surface area contributed by atoms with Crippen LogP contribution in [0.25, 0.3) is 10.9 Å². The molecule has 122 valence electrons. The van der Waals surface area contributed by atoms with Gasteiger partial charge in [0.05, 0.1) is 0 Å². The summed E-state index contributed by atoms with van der Waals surface area (Å²) in [6.07, 6.45) is 2.44. The maximum absolute atomic E-state index is 12.8. The number of aromatic amines is 1. The van der Waals surface area contributed by atoms with Crippen LogP contribution in [0.5, 0.6) is 5.75 Å². The van der Waals surface area contributed by atoms with Gasteiger partial charge in [-0.1, -0.05) is 13.0 Å². The summed E-state index contributed by atoms with van der Waals surface area (Å²) in [5, 5.41) is 0.723. The molecule has 5 heteroatoms. The lowest BCUT2D eigenvalue weighted by Crippen LogP contribution is -2.09. The first-order valence-electron chi connectivity index (χ1n) is 7.80. The Kier molecular flexibility index (Phi) is 4.16. The Balaban J connectivity index is 2.19. The highest BCUT2D eigenvalue weighted by Gasteiger charge is 2.23. The molecule has 0 saturated carbocycles. The van der Waals surface area contributed by atoms with Gasteiger partial charge < -0.3 is 9.72 Å². The van der Waals surface area contributed by atoms with Gasteiger partial charge in [0.15, 0.2) is 5.75 Å². The van der Waals surface area contributed by atoms with Crippen LogP contribution in [-0.4, -0.2) is 21.7 Å². The Morgan fingerprint density at radius 2 is 2.00 bits per heavy atom. The van der Waals surface area contributed by atoms with E-state index in [0.29, 0.717) is 5.69 Å². The molecule has 2 aromatic heterocycles. The molecule has 2 heterocycles. The van der Waals surface area contributed by atoms with E-state index < -0.39 is 5.97 Å². The summed E-state index contributed by atoms with van der Waals surface area (Å²) in [4.78, 5) is 31.6. The fraction of sp³-hybridized carbons (Fsp3) is 0.211. The van der Waals surface area contributed by atoms with Crippen LogP contribution in [0.15, 0.2) is 36.5 Å². The highest BCUT2D eigenvalue weighted by molar-refractivity contribution is 6.12. The molecule has 1 aromatic carbocycles. The molecule has 0 saturated heterocycles. The Morgan fingerprint density at radius 3 is 2.67 bits per heavy atom. The van der Waals surface area contributed by atoms with Gasteiger partial charge in [-0.3, -0.25) is 14.6 Å². The maximum Gasteiger partial charge on any atom is 0.308 e.